The SMILES string of the molecule is c1ccc(-c2nc(-n3c4ccc5c6ccccc6[nH]c5c4c4ccc5c(c43)Oc3ccccc3O5)nc3ccc4ccccc4c23)cc1. The van der Waals surface area contributed by atoms with Crippen molar-refractivity contribution in [1.29, 1.82) is 0 Å². The molecule has 0 radical (unpaired) electrons. The van der Waals surface area contributed by atoms with Gasteiger partial charge in [0, 0.05) is 38.0 Å². The molecule has 0 atom stereocenters. The number of nitrogens with zero attached hydrogens (tertiary/aromatic N) is 3. The van der Waals surface area contributed by atoms with Crippen molar-refractivity contribution in [2.45, 2.75) is 0 Å². The Bertz CT molecular complexity index is 2960. The fourth-order valence-electron chi connectivity index (χ4n) is 7.49. The van der Waals surface area contributed by atoms with Gasteiger partial charge < -0.3 is 14.5 Å². The van der Waals surface area contributed by atoms with Crippen molar-refractivity contribution >= 4 is 65.3 Å². The van der Waals surface area contributed by atoms with Crippen molar-refractivity contribution in [3.05, 3.63) is 140 Å². The average Bonchev–Trinajstić information content (AvgIpc) is 3.70. The van der Waals surface area contributed by atoms with Crippen molar-refractivity contribution in [2.24, 2.45) is 0 Å². The molecule has 10 aromatic rings. The van der Waals surface area contributed by atoms with E-state index in [0.717, 1.165) is 71.2 Å². The highest BCUT2D eigenvalue weighted by atomic mass is 16.6. The normalized spacial score (nSPS) is 12.5. The molecule has 224 valence electrons. The highest BCUT2D eigenvalue weighted by Gasteiger charge is 2.28. The van der Waals surface area contributed by atoms with Crippen LogP contribution < -0.4 is 9.47 Å². The van der Waals surface area contributed by atoms with Crippen molar-refractivity contribution in [3.8, 4) is 40.2 Å². The van der Waals surface area contributed by atoms with E-state index in [-0.39, 0.29) is 0 Å². The molecular weight excluding hydrogens is 592 g/mol. The van der Waals surface area contributed by atoms with E-state index in [1.54, 1.807) is 0 Å². The quantitative estimate of drug-likeness (QED) is 0.196. The number of aromatic nitrogens is 4. The van der Waals surface area contributed by atoms with Gasteiger partial charge in [-0.2, -0.15) is 0 Å². The van der Waals surface area contributed by atoms with Crippen LogP contribution in [0.3, 0.4) is 0 Å². The summed E-state index contributed by atoms with van der Waals surface area (Å²) in [5.41, 5.74) is 6.74. The average molecular weight is 617 g/mol. The number of fused-ring (bicyclic) bond motifs is 13. The molecule has 4 heterocycles. The molecule has 0 bridgehead atoms. The summed E-state index contributed by atoms with van der Waals surface area (Å²) in [7, 11) is 0. The van der Waals surface area contributed by atoms with Crippen LogP contribution in [-0.2, 0) is 0 Å². The van der Waals surface area contributed by atoms with Crippen molar-refractivity contribution in [3.63, 3.8) is 0 Å². The number of benzene rings is 7. The largest absolute Gasteiger partial charge is 0.449 e. The summed E-state index contributed by atoms with van der Waals surface area (Å²) in [4.78, 5) is 14.5. The Labute approximate surface area is 273 Å². The number of hydrogen-bond donors (Lipinski definition) is 1. The predicted molar refractivity (Wildman–Crippen MR) is 193 cm³/mol. The minimum Gasteiger partial charge on any atom is -0.449 e. The fraction of sp³-hybridized carbons (Fsp3) is 0. The molecule has 0 amide bonds. The maximum atomic E-state index is 6.70. The Morgan fingerprint density at radius 1 is 0.521 bits per heavy atom. The molecule has 0 unspecified atom stereocenters. The summed E-state index contributed by atoms with van der Waals surface area (Å²) in [6, 6.07) is 47.7. The lowest BCUT2D eigenvalue weighted by Crippen LogP contribution is -2.06. The van der Waals surface area contributed by atoms with Crippen LogP contribution in [0.4, 0.5) is 0 Å². The van der Waals surface area contributed by atoms with Gasteiger partial charge in [0.15, 0.2) is 23.0 Å². The Kier molecular flexibility index (Phi) is 5.02. The number of para-hydroxylation sites is 3. The zero-order valence-corrected chi connectivity index (χ0v) is 25.4. The molecular formula is C42H24N4O2. The van der Waals surface area contributed by atoms with Crippen LogP contribution >= 0.6 is 0 Å². The van der Waals surface area contributed by atoms with E-state index in [4.69, 9.17) is 19.4 Å². The van der Waals surface area contributed by atoms with Crippen LogP contribution in [0, 0.1) is 0 Å². The van der Waals surface area contributed by atoms with E-state index < -0.39 is 0 Å². The van der Waals surface area contributed by atoms with Crippen LogP contribution in [-0.4, -0.2) is 19.5 Å². The number of hydrogen-bond acceptors (Lipinski definition) is 4. The molecule has 0 saturated heterocycles. The van der Waals surface area contributed by atoms with Crippen LogP contribution in [0.2, 0.25) is 0 Å². The van der Waals surface area contributed by atoms with Gasteiger partial charge in [0.2, 0.25) is 5.95 Å². The fourth-order valence-corrected chi connectivity index (χ4v) is 7.49. The van der Waals surface area contributed by atoms with Crippen molar-refractivity contribution in [1.82, 2.24) is 19.5 Å². The molecule has 1 aliphatic heterocycles. The smallest absolute Gasteiger partial charge is 0.235 e. The second-order valence-corrected chi connectivity index (χ2v) is 12.2. The van der Waals surface area contributed by atoms with Crippen LogP contribution in [0.1, 0.15) is 0 Å². The minimum atomic E-state index is 0.558. The molecule has 11 rings (SSSR count). The number of ether oxygens (including phenoxy) is 2. The standard InChI is InChI=1S/C42H24N4O2/c1-2-11-25(12-3-1)38-36-26-13-5-4-10-24(26)18-21-31(36)44-42(45-38)46-32-22-19-28-27-14-6-7-15-30(27)43-39(28)37(32)29-20-23-35-41(40(29)46)48-34-17-9-8-16-33(34)47-35/h1-23,43H. The molecule has 1 N–H and O–H groups in total. The maximum Gasteiger partial charge on any atom is 0.235 e. The summed E-state index contributed by atoms with van der Waals surface area (Å²) in [5, 5.41) is 7.73. The first-order valence-corrected chi connectivity index (χ1v) is 16.0. The molecule has 0 spiro atoms. The van der Waals surface area contributed by atoms with Gasteiger partial charge in [0.1, 0.15) is 5.52 Å². The Balaban J connectivity index is 1.31. The Morgan fingerprint density at radius 2 is 1.27 bits per heavy atom. The second-order valence-electron chi connectivity index (χ2n) is 12.2. The first-order valence-electron chi connectivity index (χ1n) is 16.0. The lowest BCUT2D eigenvalue weighted by Gasteiger charge is -2.22. The molecule has 48 heavy (non-hydrogen) atoms. The van der Waals surface area contributed by atoms with Crippen LogP contribution in [0.5, 0.6) is 23.0 Å². The van der Waals surface area contributed by atoms with Gasteiger partial charge in [-0.25, -0.2) is 9.97 Å². The van der Waals surface area contributed by atoms with Gasteiger partial charge >= 0.3 is 0 Å². The van der Waals surface area contributed by atoms with Gasteiger partial charge in [0.05, 0.1) is 22.2 Å². The highest BCUT2D eigenvalue weighted by Crippen LogP contribution is 2.51. The highest BCUT2D eigenvalue weighted by molar-refractivity contribution is 6.26. The van der Waals surface area contributed by atoms with Crippen LogP contribution in [0.25, 0.3) is 82.5 Å². The lowest BCUT2D eigenvalue weighted by molar-refractivity contribution is 0.362. The van der Waals surface area contributed by atoms with E-state index in [9.17, 15) is 0 Å². The van der Waals surface area contributed by atoms with E-state index in [1.807, 2.05) is 36.4 Å². The molecule has 0 fully saturated rings. The first-order chi connectivity index (χ1) is 23.8. The molecule has 3 aromatic heterocycles. The molecule has 1 aliphatic rings. The van der Waals surface area contributed by atoms with Gasteiger partial charge in [-0.3, -0.25) is 4.57 Å². The summed E-state index contributed by atoms with van der Waals surface area (Å²) in [6.07, 6.45) is 0. The van der Waals surface area contributed by atoms with E-state index >= 15 is 0 Å². The van der Waals surface area contributed by atoms with E-state index in [1.165, 1.54) is 5.39 Å². The van der Waals surface area contributed by atoms with Gasteiger partial charge in [-0.1, -0.05) is 97.1 Å². The predicted octanol–water partition coefficient (Wildman–Crippen LogP) is 11.1. The molecule has 0 saturated carbocycles. The number of aromatic amines is 1. The number of H-pyrrole nitrogens is 1. The first kappa shape index (κ1) is 25.5. The number of nitrogens with one attached hydrogen (secondary N) is 1. The number of rotatable bonds is 2. The van der Waals surface area contributed by atoms with Crippen molar-refractivity contribution in [2.75, 3.05) is 0 Å². The van der Waals surface area contributed by atoms with Gasteiger partial charge in [-0.15, -0.1) is 0 Å². The minimum absolute atomic E-state index is 0.558. The van der Waals surface area contributed by atoms with Gasteiger partial charge in [0.25, 0.3) is 0 Å². The van der Waals surface area contributed by atoms with Gasteiger partial charge in [-0.05, 0) is 53.2 Å². The molecule has 0 aliphatic carbocycles. The second kappa shape index (κ2) is 9.44. The monoisotopic (exact) mass is 616 g/mol. The third-order valence-corrected chi connectivity index (χ3v) is 9.59. The third-order valence-electron chi connectivity index (χ3n) is 9.59. The maximum absolute atomic E-state index is 6.70. The molecule has 7 aromatic carbocycles. The zero-order chi connectivity index (χ0) is 31.3. The lowest BCUT2D eigenvalue weighted by atomic mass is 10.0. The third kappa shape index (κ3) is 3.46. The summed E-state index contributed by atoms with van der Waals surface area (Å²) >= 11 is 0. The van der Waals surface area contributed by atoms with Crippen LogP contribution in [0.15, 0.2) is 140 Å². The van der Waals surface area contributed by atoms with E-state index in [2.05, 4.69) is 113 Å². The molecule has 6 nitrogen and oxygen atoms in total. The summed E-state index contributed by atoms with van der Waals surface area (Å²) in [6.45, 7) is 0. The summed E-state index contributed by atoms with van der Waals surface area (Å²) in [5.74, 6) is 3.19. The van der Waals surface area contributed by atoms with Crippen molar-refractivity contribution < 1.29 is 9.47 Å². The summed E-state index contributed by atoms with van der Waals surface area (Å²) < 4.78 is 15.3. The topological polar surface area (TPSA) is 65.0 Å². The molecule has 6 heteroatoms. The van der Waals surface area contributed by atoms with E-state index in [0.29, 0.717) is 28.9 Å². The Morgan fingerprint density at radius 3 is 2.17 bits per heavy atom. The zero-order valence-electron chi connectivity index (χ0n) is 25.4. The Hall–Kier alpha value is -6.66.